The van der Waals surface area contributed by atoms with Crippen LogP contribution in [0.15, 0.2) is 11.6 Å². The van der Waals surface area contributed by atoms with Crippen molar-refractivity contribution in [3.8, 4) is 0 Å². The van der Waals surface area contributed by atoms with E-state index in [9.17, 15) is 4.79 Å². The Morgan fingerprint density at radius 3 is 2.54 bits per heavy atom. The highest BCUT2D eigenvalue weighted by atomic mass is 16.4. The second-order valence-corrected chi connectivity index (χ2v) is 2.81. The molecule has 0 aliphatic carbocycles. The molecule has 4 nitrogen and oxygen atoms in total. The highest BCUT2D eigenvalue weighted by Crippen LogP contribution is 1.94. The van der Waals surface area contributed by atoms with Crippen LogP contribution in [0.3, 0.4) is 0 Å². The molecule has 0 aliphatic rings. The van der Waals surface area contributed by atoms with Crippen LogP contribution >= 0.6 is 0 Å². The molecule has 0 unspecified atom stereocenters. The lowest BCUT2D eigenvalue weighted by atomic mass is 10.3. The SMILES string of the molecule is CCN(CC=C(C)C(=O)O)CCO. The first-order chi connectivity index (χ1) is 6.11. The summed E-state index contributed by atoms with van der Waals surface area (Å²) in [6, 6.07) is 0. The zero-order valence-corrected chi connectivity index (χ0v) is 8.16. The number of nitrogens with zero attached hydrogens (tertiary/aromatic N) is 1. The number of hydrogen-bond acceptors (Lipinski definition) is 3. The monoisotopic (exact) mass is 187 g/mol. The second kappa shape index (κ2) is 6.62. The number of aliphatic carboxylic acids is 1. The molecule has 0 radical (unpaired) electrons. The van der Waals surface area contributed by atoms with Crippen LogP contribution in [0.5, 0.6) is 0 Å². The maximum absolute atomic E-state index is 10.4. The van der Waals surface area contributed by atoms with Crippen LogP contribution in [0.1, 0.15) is 13.8 Å². The number of rotatable bonds is 6. The Balaban J connectivity index is 3.95. The van der Waals surface area contributed by atoms with Gasteiger partial charge in [-0.25, -0.2) is 4.79 Å². The quantitative estimate of drug-likeness (QED) is 0.588. The molecule has 0 spiro atoms. The molecule has 0 aromatic heterocycles. The minimum absolute atomic E-state index is 0.105. The Morgan fingerprint density at radius 2 is 2.15 bits per heavy atom. The first-order valence-corrected chi connectivity index (χ1v) is 4.35. The van der Waals surface area contributed by atoms with Crippen molar-refractivity contribution in [1.29, 1.82) is 0 Å². The van der Waals surface area contributed by atoms with Gasteiger partial charge in [-0.05, 0) is 13.5 Å². The van der Waals surface area contributed by atoms with E-state index in [0.29, 0.717) is 18.7 Å². The van der Waals surface area contributed by atoms with E-state index in [1.54, 1.807) is 13.0 Å². The molecule has 4 heteroatoms. The molecule has 0 atom stereocenters. The van der Waals surface area contributed by atoms with Crippen LogP contribution in [-0.4, -0.2) is 47.3 Å². The van der Waals surface area contributed by atoms with Gasteiger partial charge in [-0.15, -0.1) is 0 Å². The smallest absolute Gasteiger partial charge is 0.330 e. The van der Waals surface area contributed by atoms with Crippen LogP contribution in [-0.2, 0) is 4.79 Å². The molecule has 0 amide bonds. The lowest BCUT2D eigenvalue weighted by Gasteiger charge is -2.16. The molecule has 13 heavy (non-hydrogen) atoms. The summed E-state index contributed by atoms with van der Waals surface area (Å²) in [6.07, 6.45) is 1.65. The number of carboxylic acids is 1. The van der Waals surface area contributed by atoms with E-state index in [0.717, 1.165) is 6.54 Å². The van der Waals surface area contributed by atoms with Crippen molar-refractivity contribution in [2.24, 2.45) is 0 Å². The Hall–Kier alpha value is -0.870. The summed E-state index contributed by atoms with van der Waals surface area (Å²) in [4.78, 5) is 12.4. The second-order valence-electron chi connectivity index (χ2n) is 2.81. The molecule has 0 heterocycles. The number of carbonyl (C=O) groups is 1. The fourth-order valence-electron chi connectivity index (χ4n) is 0.873. The Morgan fingerprint density at radius 1 is 1.54 bits per heavy atom. The third kappa shape index (κ3) is 5.38. The van der Waals surface area contributed by atoms with E-state index in [-0.39, 0.29) is 6.61 Å². The van der Waals surface area contributed by atoms with Crippen molar-refractivity contribution in [3.63, 3.8) is 0 Å². The van der Waals surface area contributed by atoms with E-state index in [1.807, 2.05) is 11.8 Å². The van der Waals surface area contributed by atoms with Gasteiger partial charge >= 0.3 is 5.97 Å². The van der Waals surface area contributed by atoms with Crippen LogP contribution < -0.4 is 0 Å². The highest BCUT2D eigenvalue weighted by molar-refractivity contribution is 5.85. The predicted molar refractivity (Wildman–Crippen MR) is 50.6 cm³/mol. The third-order valence-corrected chi connectivity index (χ3v) is 1.86. The number of likely N-dealkylation sites (N-methyl/N-ethyl adjacent to an activating group) is 1. The van der Waals surface area contributed by atoms with Gasteiger partial charge in [0.2, 0.25) is 0 Å². The van der Waals surface area contributed by atoms with Crippen LogP contribution in [0.25, 0.3) is 0 Å². The fourth-order valence-corrected chi connectivity index (χ4v) is 0.873. The standard InChI is InChI=1S/C9H17NO3/c1-3-10(6-7-11)5-4-8(2)9(12)13/h4,11H,3,5-7H2,1-2H3,(H,12,13). The molecule has 0 fully saturated rings. The number of aliphatic hydroxyl groups excluding tert-OH is 1. The molecule has 0 rings (SSSR count). The summed E-state index contributed by atoms with van der Waals surface area (Å²) in [6.45, 7) is 5.61. The van der Waals surface area contributed by atoms with E-state index in [2.05, 4.69) is 0 Å². The minimum atomic E-state index is -0.889. The van der Waals surface area contributed by atoms with Gasteiger partial charge in [0.25, 0.3) is 0 Å². The summed E-state index contributed by atoms with van der Waals surface area (Å²) in [5.74, 6) is -0.889. The molecule has 0 saturated carbocycles. The zero-order chi connectivity index (χ0) is 10.3. The minimum Gasteiger partial charge on any atom is -0.478 e. The van der Waals surface area contributed by atoms with Gasteiger partial charge < -0.3 is 10.2 Å². The van der Waals surface area contributed by atoms with Crippen molar-refractivity contribution in [3.05, 3.63) is 11.6 Å². The molecule has 0 saturated heterocycles. The lowest BCUT2D eigenvalue weighted by Crippen LogP contribution is -2.27. The van der Waals surface area contributed by atoms with Gasteiger partial charge in [0.15, 0.2) is 0 Å². The van der Waals surface area contributed by atoms with E-state index in [4.69, 9.17) is 10.2 Å². The highest BCUT2D eigenvalue weighted by Gasteiger charge is 2.02. The Bertz CT molecular complexity index is 189. The molecule has 0 aromatic carbocycles. The van der Waals surface area contributed by atoms with Gasteiger partial charge in [0, 0.05) is 18.7 Å². The van der Waals surface area contributed by atoms with Crippen molar-refractivity contribution in [2.45, 2.75) is 13.8 Å². The molecule has 76 valence electrons. The fraction of sp³-hybridized carbons (Fsp3) is 0.667. The van der Waals surface area contributed by atoms with Crippen molar-refractivity contribution in [1.82, 2.24) is 4.90 Å². The van der Waals surface area contributed by atoms with E-state index >= 15 is 0 Å². The van der Waals surface area contributed by atoms with Gasteiger partial charge in [0.05, 0.1) is 6.61 Å². The number of carboxylic acid groups (broad SMARTS) is 1. The molecule has 0 aromatic rings. The lowest BCUT2D eigenvalue weighted by molar-refractivity contribution is -0.132. The van der Waals surface area contributed by atoms with Crippen LogP contribution in [0.4, 0.5) is 0 Å². The normalized spacial score (nSPS) is 12.2. The molecule has 2 N–H and O–H groups in total. The van der Waals surface area contributed by atoms with E-state index in [1.165, 1.54) is 0 Å². The average Bonchev–Trinajstić information content (AvgIpc) is 2.11. The molecule has 0 bridgehead atoms. The molecule has 0 aliphatic heterocycles. The third-order valence-electron chi connectivity index (χ3n) is 1.86. The topological polar surface area (TPSA) is 60.8 Å². The van der Waals surface area contributed by atoms with Crippen LogP contribution in [0.2, 0.25) is 0 Å². The first kappa shape index (κ1) is 12.1. The van der Waals surface area contributed by atoms with Crippen molar-refractivity contribution < 1.29 is 15.0 Å². The number of aliphatic hydroxyl groups is 1. The largest absolute Gasteiger partial charge is 0.478 e. The summed E-state index contributed by atoms with van der Waals surface area (Å²) in [5.41, 5.74) is 0.344. The van der Waals surface area contributed by atoms with Gasteiger partial charge in [-0.2, -0.15) is 0 Å². The van der Waals surface area contributed by atoms with Gasteiger partial charge in [0.1, 0.15) is 0 Å². The summed E-state index contributed by atoms with van der Waals surface area (Å²) in [7, 11) is 0. The first-order valence-electron chi connectivity index (χ1n) is 4.35. The Labute approximate surface area is 78.5 Å². The maximum atomic E-state index is 10.4. The predicted octanol–water partition coefficient (Wildman–Crippen LogP) is 0.331. The molecular weight excluding hydrogens is 170 g/mol. The van der Waals surface area contributed by atoms with Gasteiger partial charge in [-0.3, -0.25) is 4.90 Å². The van der Waals surface area contributed by atoms with Crippen molar-refractivity contribution in [2.75, 3.05) is 26.2 Å². The summed E-state index contributed by atoms with van der Waals surface area (Å²) >= 11 is 0. The average molecular weight is 187 g/mol. The van der Waals surface area contributed by atoms with E-state index < -0.39 is 5.97 Å². The van der Waals surface area contributed by atoms with Crippen molar-refractivity contribution >= 4 is 5.97 Å². The molecular formula is C9H17NO3. The summed E-state index contributed by atoms with van der Waals surface area (Å²) < 4.78 is 0. The number of hydrogen-bond donors (Lipinski definition) is 2. The summed E-state index contributed by atoms with van der Waals surface area (Å²) in [5, 5.41) is 17.2. The Kier molecular flexibility index (Phi) is 6.18. The van der Waals surface area contributed by atoms with Crippen LogP contribution in [0, 0.1) is 0 Å². The zero-order valence-electron chi connectivity index (χ0n) is 8.16. The van der Waals surface area contributed by atoms with Gasteiger partial charge in [-0.1, -0.05) is 13.0 Å². The maximum Gasteiger partial charge on any atom is 0.330 e.